The Balaban J connectivity index is 1.22. The highest BCUT2D eigenvalue weighted by molar-refractivity contribution is 5.73. The molecule has 3 aromatic heterocycles. The van der Waals surface area contributed by atoms with Gasteiger partial charge in [0, 0.05) is 18.7 Å². The van der Waals surface area contributed by atoms with Gasteiger partial charge in [0.25, 0.3) is 5.56 Å². The van der Waals surface area contributed by atoms with Crippen LogP contribution < -0.4 is 10.5 Å². The molecule has 1 aliphatic carbocycles. The summed E-state index contributed by atoms with van der Waals surface area (Å²) < 4.78 is 1.98. The zero-order valence-electron chi connectivity index (χ0n) is 17.2. The van der Waals surface area contributed by atoms with Crippen LogP contribution in [0.3, 0.4) is 0 Å². The molecule has 0 spiro atoms. The number of rotatable bonds is 4. The number of nitrogens with one attached hydrogen (secondary N) is 2. The summed E-state index contributed by atoms with van der Waals surface area (Å²) in [5.74, 6) is 2.30. The van der Waals surface area contributed by atoms with Gasteiger partial charge in [0.05, 0.1) is 18.2 Å². The van der Waals surface area contributed by atoms with E-state index in [4.69, 9.17) is 4.98 Å². The highest BCUT2D eigenvalue weighted by Crippen LogP contribution is 2.31. The van der Waals surface area contributed by atoms with Crippen LogP contribution in [-0.4, -0.2) is 48.0 Å². The molecule has 4 aromatic rings. The van der Waals surface area contributed by atoms with Crippen molar-refractivity contribution in [3.63, 3.8) is 0 Å². The van der Waals surface area contributed by atoms with Gasteiger partial charge in [0.15, 0.2) is 11.5 Å². The minimum absolute atomic E-state index is 0.107. The summed E-state index contributed by atoms with van der Waals surface area (Å²) in [5, 5.41) is 12.5. The third-order valence-corrected chi connectivity index (χ3v) is 6.47. The van der Waals surface area contributed by atoms with Crippen molar-refractivity contribution in [3.8, 4) is 11.4 Å². The van der Waals surface area contributed by atoms with Crippen LogP contribution >= 0.6 is 0 Å². The first kappa shape index (κ1) is 18.3. The molecule has 2 aliphatic rings. The smallest absolute Gasteiger partial charge is 0.262 e. The first-order valence-electron chi connectivity index (χ1n) is 11.0. The number of hydrogen-bond donors (Lipinski definition) is 2. The van der Waals surface area contributed by atoms with Crippen molar-refractivity contribution < 1.29 is 0 Å². The fourth-order valence-electron chi connectivity index (χ4n) is 4.67. The molecule has 1 aliphatic heterocycles. The van der Waals surface area contributed by atoms with Crippen molar-refractivity contribution in [2.24, 2.45) is 0 Å². The fourth-order valence-corrected chi connectivity index (χ4v) is 4.67. The Labute approximate surface area is 178 Å². The van der Waals surface area contributed by atoms with E-state index in [0.717, 1.165) is 43.1 Å². The molecule has 4 heterocycles. The van der Waals surface area contributed by atoms with Gasteiger partial charge in [0.2, 0.25) is 5.95 Å². The van der Waals surface area contributed by atoms with Gasteiger partial charge in [-0.15, -0.1) is 5.10 Å². The van der Waals surface area contributed by atoms with Crippen molar-refractivity contribution >= 4 is 17.0 Å². The van der Waals surface area contributed by atoms with Crippen molar-refractivity contribution in [3.05, 3.63) is 52.7 Å². The molecule has 158 valence electrons. The molecule has 2 N–H and O–H groups in total. The maximum Gasteiger partial charge on any atom is 0.262 e. The lowest BCUT2D eigenvalue weighted by Gasteiger charge is -2.37. The van der Waals surface area contributed by atoms with Crippen LogP contribution in [0.2, 0.25) is 0 Å². The maximum atomic E-state index is 12.7. The van der Waals surface area contributed by atoms with E-state index in [1.54, 1.807) is 6.20 Å². The first-order valence-corrected chi connectivity index (χ1v) is 11.0. The topological polar surface area (TPSA) is 108 Å². The van der Waals surface area contributed by atoms with Gasteiger partial charge in [-0.1, -0.05) is 49.6 Å². The second-order valence-corrected chi connectivity index (χ2v) is 8.52. The van der Waals surface area contributed by atoms with Crippen molar-refractivity contribution in [1.82, 2.24) is 34.9 Å². The largest absolute Gasteiger partial charge is 0.338 e. The van der Waals surface area contributed by atoms with Crippen LogP contribution in [-0.2, 0) is 0 Å². The minimum Gasteiger partial charge on any atom is -0.338 e. The Morgan fingerprint density at radius 3 is 2.61 bits per heavy atom. The number of aromatic amines is 2. The van der Waals surface area contributed by atoms with Crippen molar-refractivity contribution in [1.29, 1.82) is 0 Å². The minimum atomic E-state index is -0.107. The molecule has 0 unspecified atom stereocenters. The molecule has 0 amide bonds. The van der Waals surface area contributed by atoms with E-state index < -0.39 is 0 Å². The molecule has 0 atom stereocenters. The molecular weight excluding hydrogens is 392 g/mol. The third kappa shape index (κ3) is 3.20. The number of benzene rings is 1. The number of hydrogen-bond acceptors (Lipinski definition) is 6. The molecule has 6 rings (SSSR count). The lowest BCUT2D eigenvalue weighted by Crippen LogP contribution is -2.46. The van der Waals surface area contributed by atoms with E-state index >= 15 is 0 Å². The van der Waals surface area contributed by atoms with Crippen LogP contribution in [0.4, 0.5) is 5.95 Å². The Kier molecular flexibility index (Phi) is 4.33. The number of H-pyrrole nitrogens is 2. The van der Waals surface area contributed by atoms with Gasteiger partial charge in [0.1, 0.15) is 11.2 Å². The summed E-state index contributed by atoms with van der Waals surface area (Å²) in [5.41, 5.74) is 1.61. The average molecular weight is 416 g/mol. The van der Waals surface area contributed by atoms with E-state index in [1.807, 2.05) is 35.0 Å². The van der Waals surface area contributed by atoms with Crippen molar-refractivity contribution in [2.75, 3.05) is 18.0 Å². The maximum absolute atomic E-state index is 12.7. The zero-order chi connectivity index (χ0) is 20.8. The average Bonchev–Trinajstić information content (AvgIpc) is 3.42. The summed E-state index contributed by atoms with van der Waals surface area (Å²) in [6.07, 6.45) is 7.56. The Bertz CT molecular complexity index is 1260. The highest BCUT2D eigenvalue weighted by Gasteiger charge is 2.33. The van der Waals surface area contributed by atoms with Gasteiger partial charge in [-0.3, -0.25) is 9.89 Å². The SMILES string of the molecule is O=c1[nH]c(C2CN(c3n[nH]c(-c4ccccc4)n3)C2)nc2c1cnn2C1CCCCC1. The second kappa shape index (κ2) is 7.33. The van der Waals surface area contributed by atoms with E-state index in [2.05, 4.69) is 30.2 Å². The molecule has 1 aromatic carbocycles. The lowest BCUT2D eigenvalue weighted by molar-refractivity contribution is 0.335. The Hall–Kier alpha value is -3.49. The molecule has 2 fully saturated rings. The summed E-state index contributed by atoms with van der Waals surface area (Å²) in [6, 6.07) is 10.3. The van der Waals surface area contributed by atoms with Gasteiger partial charge < -0.3 is 9.88 Å². The predicted molar refractivity (Wildman–Crippen MR) is 117 cm³/mol. The van der Waals surface area contributed by atoms with E-state index in [1.165, 1.54) is 19.3 Å². The third-order valence-electron chi connectivity index (χ3n) is 6.47. The number of aromatic nitrogens is 7. The van der Waals surface area contributed by atoms with Gasteiger partial charge in [-0.05, 0) is 12.8 Å². The van der Waals surface area contributed by atoms with Crippen LogP contribution in [0.1, 0.15) is 49.9 Å². The normalized spacial score (nSPS) is 17.9. The van der Waals surface area contributed by atoms with Gasteiger partial charge in [-0.2, -0.15) is 10.1 Å². The summed E-state index contributed by atoms with van der Waals surface area (Å²) in [6.45, 7) is 1.44. The van der Waals surface area contributed by atoms with Gasteiger partial charge in [-0.25, -0.2) is 9.67 Å². The van der Waals surface area contributed by atoms with E-state index in [-0.39, 0.29) is 11.5 Å². The number of fused-ring (bicyclic) bond motifs is 1. The van der Waals surface area contributed by atoms with Crippen molar-refractivity contribution in [2.45, 2.75) is 44.1 Å². The molecule has 0 bridgehead atoms. The highest BCUT2D eigenvalue weighted by atomic mass is 16.1. The Morgan fingerprint density at radius 1 is 1.00 bits per heavy atom. The Morgan fingerprint density at radius 2 is 1.81 bits per heavy atom. The van der Waals surface area contributed by atoms with E-state index in [9.17, 15) is 4.79 Å². The molecular formula is C22H24N8O. The molecule has 31 heavy (non-hydrogen) atoms. The summed E-state index contributed by atoms with van der Waals surface area (Å²) in [7, 11) is 0. The van der Waals surface area contributed by atoms with Gasteiger partial charge >= 0.3 is 0 Å². The van der Waals surface area contributed by atoms with E-state index in [0.29, 0.717) is 23.0 Å². The summed E-state index contributed by atoms with van der Waals surface area (Å²) >= 11 is 0. The van der Waals surface area contributed by atoms with Crippen LogP contribution in [0.5, 0.6) is 0 Å². The predicted octanol–water partition coefficient (Wildman–Crippen LogP) is 3.01. The number of anilines is 1. The molecule has 9 heteroatoms. The zero-order valence-corrected chi connectivity index (χ0v) is 17.2. The monoisotopic (exact) mass is 416 g/mol. The summed E-state index contributed by atoms with van der Waals surface area (Å²) in [4.78, 5) is 27.2. The molecule has 1 saturated heterocycles. The molecule has 9 nitrogen and oxygen atoms in total. The first-order chi connectivity index (χ1) is 15.3. The standard InChI is InChI=1S/C22H24N8O/c31-21-17-11-23-30(16-9-5-2-6-10-16)20(17)24-18(25-21)15-12-29(13-15)22-26-19(27-28-22)14-7-3-1-4-8-14/h1,3-4,7-8,11,15-16H,2,5-6,9-10,12-13H2,(H,24,25,31)(H,26,27,28). The van der Waals surface area contributed by atoms with Crippen LogP contribution in [0.15, 0.2) is 41.3 Å². The fraction of sp³-hybridized carbons (Fsp3) is 0.409. The molecule has 1 saturated carbocycles. The van der Waals surface area contributed by atoms with Crippen LogP contribution in [0, 0.1) is 0 Å². The number of nitrogens with zero attached hydrogens (tertiary/aromatic N) is 6. The lowest BCUT2D eigenvalue weighted by atomic mass is 9.96. The molecule has 0 radical (unpaired) electrons. The quantitative estimate of drug-likeness (QED) is 0.529. The van der Waals surface area contributed by atoms with Crippen LogP contribution in [0.25, 0.3) is 22.4 Å². The second-order valence-electron chi connectivity index (χ2n) is 8.52.